The van der Waals surface area contributed by atoms with Gasteiger partial charge in [-0.1, -0.05) is 0 Å². The second kappa shape index (κ2) is 7.46. The van der Waals surface area contributed by atoms with Crippen LogP contribution in [0, 0.1) is 0 Å². The van der Waals surface area contributed by atoms with Gasteiger partial charge in [0.05, 0.1) is 17.9 Å². The van der Waals surface area contributed by atoms with Crippen LogP contribution < -0.4 is 5.32 Å². The van der Waals surface area contributed by atoms with Crippen molar-refractivity contribution < 1.29 is 9.53 Å². The molecular weight excluding hydrogens is 308 g/mol. The second-order valence-corrected chi connectivity index (χ2v) is 6.74. The average Bonchev–Trinajstić information content (AvgIpc) is 2.99. The Balaban J connectivity index is 1.90. The van der Waals surface area contributed by atoms with Crippen LogP contribution in [-0.4, -0.2) is 59.2 Å². The zero-order valence-electron chi connectivity index (χ0n) is 14.8. The molecule has 0 unspecified atom stereocenters. The number of likely N-dealkylation sites (tertiary alicyclic amines) is 1. The maximum atomic E-state index is 12.1. The van der Waals surface area contributed by atoms with Crippen LogP contribution in [-0.2, 0) is 4.74 Å². The maximum Gasteiger partial charge on any atom is 0.410 e. The number of nitrogens with one attached hydrogen (secondary N) is 1. The van der Waals surface area contributed by atoms with Crippen molar-refractivity contribution in [2.45, 2.75) is 45.3 Å². The Morgan fingerprint density at radius 3 is 2.62 bits per heavy atom. The van der Waals surface area contributed by atoms with Crippen molar-refractivity contribution in [1.82, 2.24) is 14.7 Å². The molecule has 0 radical (unpaired) electrons. The number of anilines is 1. The summed E-state index contributed by atoms with van der Waals surface area (Å²) in [5, 5.41) is 7.44. The standard InChI is InChI=1S/C16H26N6O2/c1-16(2,3)24-15(23)21-8-6-13(7-9-21)22-11-12(10-19-22)20-14(17-4)18-5/h10-11,13H,4,6-9H2,1-3,5H3,(H,18,20). The summed E-state index contributed by atoms with van der Waals surface area (Å²) < 4.78 is 7.34. The highest BCUT2D eigenvalue weighted by atomic mass is 16.6. The first-order chi connectivity index (χ1) is 11.3. The Morgan fingerprint density at radius 1 is 1.42 bits per heavy atom. The van der Waals surface area contributed by atoms with Crippen LogP contribution in [0.15, 0.2) is 22.4 Å². The first kappa shape index (κ1) is 18.0. The second-order valence-electron chi connectivity index (χ2n) is 6.74. The van der Waals surface area contributed by atoms with Gasteiger partial charge in [0.2, 0.25) is 5.96 Å². The van der Waals surface area contributed by atoms with Crippen LogP contribution >= 0.6 is 0 Å². The number of hydrogen-bond donors (Lipinski definition) is 1. The third-order valence-corrected chi connectivity index (χ3v) is 3.71. The average molecular weight is 334 g/mol. The summed E-state index contributed by atoms with van der Waals surface area (Å²) in [4.78, 5) is 21.6. The first-order valence-corrected chi connectivity index (χ1v) is 8.05. The molecule has 1 saturated heterocycles. The number of piperidine rings is 1. The van der Waals surface area contributed by atoms with Crippen LogP contribution in [0.25, 0.3) is 0 Å². The van der Waals surface area contributed by atoms with E-state index in [1.54, 1.807) is 18.1 Å². The molecule has 1 aromatic rings. The third-order valence-electron chi connectivity index (χ3n) is 3.71. The van der Waals surface area contributed by atoms with Crippen LogP contribution in [0.4, 0.5) is 10.5 Å². The van der Waals surface area contributed by atoms with Crippen LogP contribution in [0.5, 0.6) is 0 Å². The number of aromatic nitrogens is 2. The molecule has 0 bridgehead atoms. The van der Waals surface area contributed by atoms with E-state index in [0.717, 1.165) is 18.5 Å². The summed E-state index contributed by atoms with van der Waals surface area (Å²) in [7, 11) is 1.65. The van der Waals surface area contributed by atoms with Gasteiger partial charge in [-0.3, -0.25) is 9.67 Å². The van der Waals surface area contributed by atoms with E-state index in [2.05, 4.69) is 27.1 Å². The molecular formula is C16H26N6O2. The van der Waals surface area contributed by atoms with E-state index < -0.39 is 5.60 Å². The number of guanidine groups is 1. The maximum absolute atomic E-state index is 12.1. The van der Waals surface area contributed by atoms with Gasteiger partial charge in [-0.25, -0.2) is 9.79 Å². The summed E-state index contributed by atoms with van der Waals surface area (Å²) in [5.74, 6) is 0.453. The number of amides is 1. The minimum absolute atomic E-state index is 0.246. The minimum atomic E-state index is -0.464. The molecule has 24 heavy (non-hydrogen) atoms. The number of ether oxygens (including phenoxy) is 1. The molecule has 8 nitrogen and oxygen atoms in total. The summed E-state index contributed by atoms with van der Waals surface area (Å²) in [6.45, 7) is 10.4. The SMILES string of the molecule is C=N/C(=N\C)Nc1cnn(C2CCN(C(=O)OC(C)(C)C)CC2)c1. The quantitative estimate of drug-likeness (QED) is 0.665. The molecule has 0 atom stereocenters. The molecule has 1 aliphatic rings. The van der Waals surface area contributed by atoms with E-state index in [1.807, 2.05) is 31.6 Å². The third kappa shape index (κ3) is 4.81. The molecule has 1 N–H and O–H groups in total. The predicted molar refractivity (Wildman–Crippen MR) is 94.8 cm³/mol. The number of carbonyl (C=O) groups excluding carboxylic acids is 1. The van der Waals surface area contributed by atoms with E-state index in [4.69, 9.17) is 4.74 Å². The van der Waals surface area contributed by atoms with Crippen LogP contribution in [0.1, 0.15) is 39.7 Å². The molecule has 0 aliphatic carbocycles. The number of nitrogens with zero attached hydrogens (tertiary/aromatic N) is 5. The van der Waals surface area contributed by atoms with Gasteiger partial charge >= 0.3 is 6.09 Å². The summed E-state index contributed by atoms with van der Waals surface area (Å²) in [6.07, 6.45) is 5.09. The summed E-state index contributed by atoms with van der Waals surface area (Å²) in [5.41, 5.74) is 0.353. The monoisotopic (exact) mass is 334 g/mol. The van der Waals surface area contributed by atoms with Crippen LogP contribution in [0.3, 0.4) is 0 Å². The fourth-order valence-corrected chi connectivity index (χ4v) is 2.54. The molecule has 1 aromatic heterocycles. The molecule has 0 aromatic carbocycles. The van der Waals surface area contributed by atoms with Gasteiger partial charge in [-0.2, -0.15) is 5.10 Å². The zero-order chi connectivity index (χ0) is 17.7. The molecule has 1 aliphatic heterocycles. The number of aliphatic imine (C=N–C) groups is 2. The van der Waals surface area contributed by atoms with Gasteiger partial charge in [-0.15, -0.1) is 0 Å². The van der Waals surface area contributed by atoms with Crippen molar-refractivity contribution in [3.63, 3.8) is 0 Å². The van der Waals surface area contributed by atoms with Gasteiger partial charge in [0.15, 0.2) is 0 Å². The van der Waals surface area contributed by atoms with Crippen molar-refractivity contribution in [1.29, 1.82) is 0 Å². The van der Waals surface area contributed by atoms with E-state index in [-0.39, 0.29) is 12.1 Å². The van der Waals surface area contributed by atoms with Gasteiger partial charge in [0.25, 0.3) is 0 Å². The lowest BCUT2D eigenvalue weighted by molar-refractivity contribution is 0.0185. The summed E-state index contributed by atoms with van der Waals surface area (Å²) >= 11 is 0. The Kier molecular flexibility index (Phi) is 5.58. The largest absolute Gasteiger partial charge is 0.444 e. The minimum Gasteiger partial charge on any atom is -0.444 e. The smallest absolute Gasteiger partial charge is 0.410 e. The molecule has 132 valence electrons. The van der Waals surface area contributed by atoms with E-state index in [1.165, 1.54) is 0 Å². The highest BCUT2D eigenvalue weighted by Gasteiger charge is 2.27. The van der Waals surface area contributed by atoms with E-state index in [9.17, 15) is 4.79 Å². The molecule has 1 amide bonds. The number of hydrogen-bond acceptors (Lipinski definition) is 4. The lowest BCUT2D eigenvalue weighted by atomic mass is 10.1. The van der Waals surface area contributed by atoms with Gasteiger partial charge < -0.3 is 15.0 Å². The Bertz CT molecular complexity index is 608. The van der Waals surface area contributed by atoms with Crippen molar-refractivity contribution >= 4 is 24.5 Å². The topological polar surface area (TPSA) is 84.1 Å². The lowest BCUT2D eigenvalue weighted by Gasteiger charge is -2.33. The highest BCUT2D eigenvalue weighted by molar-refractivity contribution is 5.96. The molecule has 0 saturated carbocycles. The summed E-state index contributed by atoms with van der Waals surface area (Å²) in [6, 6.07) is 0.262. The van der Waals surface area contributed by atoms with E-state index in [0.29, 0.717) is 19.0 Å². The van der Waals surface area contributed by atoms with Gasteiger partial charge in [-0.05, 0) is 40.3 Å². The fraction of sp³-hybridized carbons (Fsp3) is 0.625. The number of carbonyl (C=O) groups is 1. The molecule has 2 heterocycles. The van der Waals surface area contributed by atoms with Crippen molar-refractivity contribution in [2.24, 2.45) is 9.98 Å². The predicted octanol–water partition coefficient (Wildman–Crippen LogP) is 2.55. The van der Waals surface area contributed by atoms with Crippen LogP contribution in [0.2, 0.25) is 0 Å². The van der Waals surface area contributed by atoms with Gasteiger partial charge in [0.1, 0.15) is 5.60 Å². The zero-order valence-corrected chi connectivity index (χ0v) is 14.8. The highest BCUT2D eigenvalue weighted by Crippen LogP contribution is 2.24. The van der Waals surface area contributed by atoms with E-state index >= 15 is 0 Å². The Hall–Kier alpha value is -2.38. The van der Waals surface area contributed by atoms with Gasteiger partial charge in [0, 0.05) is 26.3 Å². The molecule has 1 fully saturated rings. The molecule has 8 heteroatoms. The Labute approximate surface area is 142 Å². The fourth-order valence-electron chi connectivity index (χ4n) is 2.54. The number of rotatable bonds is 2. The molecule has 2 rings (SSSR count). The van der Waals surface area contributed by atoms with Crippen molar-refractivity contribution in [3.8, 4) is 0 Å². The lowest BCUT2D eigenvalue weighted by Crippen LogP contribution is -2.42. The Morgan fingerprint density at radius 2 is 2.08 bits per heavy atom. The van der Waals surface area contributed by atoms with Crippen molar-refractivity contribution in [3.05, 3.63) is 12.4 Å². The first-order valence-electron chi connectivity index (χ1n) is 8.05. The normalized spacial score (nSPS) is 16.8. The van der Waals surface area contributed by atoms with Crippen molar-refractivity contribution in [2.75, 3.05) is 25.5 Å². The molecule has 0 spiro atoms.